The molecule has 0 spiro atoms. The van der Waals surface area contributed by atoms with E-state index in [0.717, 1.165) is 11.1 Å². The molecular weight excluding hydrogens is 400 g/mol. The second-order valence-electron chi connectivity index (χ2n) is 7.44. The van der Waals surface area contributed by atoms with Crippen molar-refractivity contribution in [1.82, 2.24) is 20.4 Å². The molecule has 3 aromatic rings. The minimum atomic E-state index is -0.632. The van der Waals surface area contributed by atoms with Crippen molar-refractivity contribution in [2.24, 2.45) is 5.92 Å². The van der Waals surface area contributed by atoms with E-state index in [1.54, 1.807) is 30.5 Å². The fourth-order valence-corrected chi connectivity index (χ4v) is 3.13. The molecule has 30 heavy (non-hydrogen) atoms. The number of benzene rings is 2. The minimum Gasteiger partial charge on any atom is -0.350 e. The fraction of sp³-hybridized carbons (Fsp3) is 0.261. The van der Waals surface area contributed by atoms with Gasteiger partial charge in [0.15, 0.2) is 0 Å². The van der Waals surface area contributed by atoms with Crippen molar-refractivity contribution < 1.29 is 9.59 Å². The van der Waals surface area contributed by atoms with Gasteiger partial charge in [0.1, 0.15) is 6.04 Å². The van der Waals surface area contributed by atoms with Crippen LogP contribution in [0, 0.1) is 5.92 Å². The maximum Gasteiger partial charge on any atom is 0.251 e. The Morgan fingerprint density at radius 3 is 2.30 bits per heavy atom. The molecule has 0 saturated carbocycles. The van der Waals surface area contributed by atoms with Crippen molar-refractivity contribution >= 4 is 23.4 Å². The first-order valence-corrected chi connectivity index (χ1v) is 10.2. The lowest BCUT2D eigenvalue weighted by Gasteiger charge is -2.22. The predicted octanol–water partition coefficient (Wildman–Crippen LogP) is 3.66. The summed E-state index contributed by atoms with van der Waals surface area (Å²) in [6.45, 7) is 4.89. The summed E-state index contributed by atoms with van der Waals surface area (Å²) in [6.07, 6.45) is 3.67. The highest BCUT2D eigenvalue weighted by atomic mass is 35.5. The van der Waals surface area contributed by atoms with Gasteiger partial charge >= 0.3 is 0 Å². The highest BCUT2D eigenvalue weighted by Gasteiger charge is 2.24. The first-order valence-electron chi connectivity index (χ1n) is 9.82. The van der Waals surface area contributed by atoms with Gasteiger partial charge < -0.3 is 10.6 Å². The third-order valence-electron chi connectivity index (χ3n) is 4.74. The van der Waals surface area contributed by atoms with Crippen LogP contribution in [-0.4, -0.2) is 27.6 Å². The van der Waals surface area contributed by atoms with Gasteiger partial charge in [-0.1, -0.05) is 49.7 Å². The first-order chi connectivity index (χ1) is 14.4. The number of nitrogens with one attached hydrogen (secondary N) is 2. The van der Waals surface area contributed by atoms with E-state index in [-0.39, 0.29) is 17.7 Å². The second-order valence-corrected chi connectivity index (χ2v) is 7.88. The zero-order valence-corrected chi connectivity index (χ0v) is 17.8. The van der Waals surface area contributed by atoms with Crippen LogP contribution >= 0.6 is 11.6 Å². The molecule has 156 valence electrons. The topological polar surface area (TPSA) is 76.0 Å². The van der Waals surface area contributed by atoms with Gasteiger partial charge in [-0.2, -0.15) is 5.10 Å². The van der Waals surface area contributed by atoms with E-state index in [0.29, 0.717) is 23.7 Å². The lowest BCUT2D eigenvalue weighted by molar-refractivity contribution is -0.124. The highest BCUT2D eigenvalue weighted by molar-refractivity contribution is 6.30. The van der Waals surface area contributed by atoms with Gasteiger partial charge in [0.2, 0.25) is 5.91 Å². The van der Waals surface area contributed by atoms with Gasteiger partial charge in [-0.05, 0) is 47.4 Å². The Hall–Kier alpha value is -3.12. The largest absolute Gasteiger partial charge is 0.350 e. The molecule has 0 bridgehead atoms. The van der Waals surface area contributed by atoms with Gasteiger partial charge in [-0.25, -0.2) is 0 Å². The molecule has 0 radical (unpaired) electrons. The number of carbonyl (C=O) groups is 2. The van der Waals surface area contributed by atoms with E-state index in [1.165, 1.54) is 0 Å². The number of amides is 2. The van der Waals surface area contributed by atoms with Gasteiger partial charge in [0, 0.05) is 29.5 Å². The zero-order chi connectivity index (χ0) is 21.5. The molecular formula is C23H25ClN4O2. The molecule has 2 amide bonds. The van der Waals surface area contributed by atoms with Crippen LogP contribution in [0.15, 0.2) is 67.0 Å². The molecule has 6 nitrogen and oxygen atoms in total. The number of aromatic nitrogens is 2. The quantitative estimate of drug-likeness (QED) is 0.579. The molecule has 0 saturated heterocycles. The summed E-state index contributed by atoms with van der Waals surface area (Å²) in [5, 5.41) is 10.5. The molecule has 2 aromatic carbocycles. The summed E-state index contributed by atoms with van der Waals surface area (Å²) in [5.74, 6) is -0.575. The average Bonchev–Trinajstić information content (AvgIpc) is 3.24. The third kappa shape index (κ3) is 5.94. The minimum absolute atomic E-state index is 0.0577. The van der Waals surface area contributed by atoms with Gasteiger partial charge in [0.05, 0.1) is 6.54 Å². The Labute approximate surface area is 181 Å². The summed E-state index contributed by atoms with van der Waals surface area (Å²) < 4.78 is 1.85. The van der Waals surface area contributed by atoms with E-state index >= 15 is 0 Å². The molecule has 7 heteroatoms. The third-order valence-corrected chi connectivity index (χ3v) is 4.99. The summed E-state index contributed by atoms with van der Waals surface area (Å²) in [5.41, 5.74) is 2.58. The lowest BCUT2D eigenvalue weighted by atomic mass is 10.0. The van der Waals surface area contributed by atoms with Gasteiger partial charge in [-0.15, -0.1) is 0 Å². The van der Waals surface area contributed by atoms with E-state index in [2.05, 4.69) is 15.7 Å². The normalized spacial score (nSPS) is 11.9. The Kier molecular flexibility index (Phi) is 7.25. The highest BCUT2D eigenvalue weighted by Crippen LogP contribution is 2.11. The van der Waals surface area contributed by atoms with Crippen molar-refractivity contribution in [2.75, 3.05) is 0 Å². The van der Waals surface area contributed by atoms with Crippen LogP contribution in [-0.2, 0) is 17.9 Å². The molecule has 0 aliphatic carbocycles. The maximum atomic E-state index is 12.7. The van der Waals surface area contributed by atoms with Crippen LogP contribution in [0.4, 0.5) is 0 Å². The number of nitrogens with zero attached hydrogens (tertiary/aromatic N) is 2. The van der Waals surface area contributed by atoms with Crippen molar-refractivity contribution in [3.63, 3.8) is 0 Å². The average molecular weight is 425 g/mol. The maximum absolute atomic E-state index is 12.7. The van der Waals surface area contributed by atoms with Crippen molar-refractivity contribution in [1.29, 1.82) is 0 Å². The van der Waals surface area contributed by atoms with Crippen LogP contribution in [0.5, 0.6) is 0 Å². The Bertz CT molecular complexity index is 967. The van der Waals surface area contributed by atoms with Crippen molar-refractivity contribution in [2.45, 2.75) is 33.0 Å². The molecule has 1 atom stereocenters. The summed E-state index contributed by atoms with van der Waals surface area (Å²) >= 11 is 5.87. The molecule has 0 aliphatic rings. The van der Waals surface area contributed by atoms with Crippen LogP contribution < -0.4 is 10.6 Å². The molecule has 0 unspecified atom stereocenters. The summed E-state index contributed by atoms with van der Waals surface area (Å²) in [6, 6.07) is 15.8. The van der Waals surface area contributed by atoms with Crippen molar-refractivity contribution in [3.05, 3.63) is 88.7 Å². The van der Waals surface area contributed by atoms with Gasteiger partial charge in [0.25, 0.3) is 5.91 Å². The number of hydrogen-bond acceptors (Lipinski definition) is 3. The molecule has 2 N–H and O–H groups in total. The van der Waals surface area contributed by atoms with E-state index in [4.69, 9.17) is 11.6 Å². The molecule has 1 heterocycles. The lowest BCUT2D eigenvalue weighted by Crippen LogP contribution is -2.49. The Morgan fingerprint density at radius 1 is 1.03 bits per heavy atom. The van der Waals surface area contributed by atoms with Gasteiger partial charge in [-0.3, -0.25) is 14.3 Å². The summed E-state index contributed by atoms with van der Waals surface area (Å²) in [7, 11) is 0. The Morgan fingerprint density at radius 2 is 1.70 bits per heavy atom. The SMILES string of the molecule is CC(C)[C@H](NC(=O)c1ccc(Cl)cc1)C(=O)NCc1ccc(Cn2cccn2)cc1. The number of halogens is 1. The van der Waals surface area contributed by atoms with Crippen LogP contribution in [0.3, 0.4) is 0 Å². The fourth-order valence-electron chi connectivity index (χ4n) is 3.00. The number of hydrogen-bond donors (Lipinski definition) is 2. The molecule has 0 aliphatic heterocycles. The second kappa shape index (κ2) is 10.1. The molecule has 3 rings (SSSR count). The van der Waals surface area contributed by atoms with Crippen LogP contribution in [0.2, 0.25) is 5.02 Å². The predicted molar refractivity (Wildman–Crippen MR) is 117 cm³/mol. The Balaban J connectivity index is 1.55. The summed E-state index contributed by atoms with van der Waals surface area (Å²) in [4.78, 5) is 25.2. The number of carbonyl (C=O) groups excluding carboxylic acids is 2. The standard InChI is InChI=1S/C23H25ClN4O2/c1-16(2)21(27-22(29)19-8-10-20(24)11-9-19)23(30)25-14-17-4-6-18(7-5-17)15-28-13-3-12-26-28/h3-13,16,21H,14-15H2,1-2H3,(H,25,30)(H,27,29)/t21-/m0/s1. The smallest absolute Gasteiger partial charge is 0.251 e. The van der Waals surface area contributed by atoms with E-state index < -0.39 is 6.04 Å². The zero-order valence-electron chi connectivity index (χ0n) is 17.0. The van der Waals surface area contributed by atoms with E-state index in [9.17, 15) is 9.59 Å². The number of rotatable bonds is 8. The first kappa shape index (κ1) is 21.6. The van der Waals surface area contributed by atoms with Crippen LogP contribution in [0.1, 0.15) is 35.3 Å². The van der Waals surface area contributed by atoms with E-state index in [1.807, 2.05) is 55.1 Å². The molecule has 1 aromatic heterocycles. The molecule has 0 fully saturated rings. The monoisotopic (exact) mass is 424 g/mol. The van der Waals surface area contributed by atoms with Crippen LogP contribution in [0.25, 0.3) is 0 Å². The van der Waals surface area contributed by atoms with Crippen molar-refractivity contribution in [3.8, 4) is 0 Å².